The van der Waals surface area contributed by atoms with Crippen molar-refractivity contribution in [3.8, 4) is 5.75 Å². The third kappa shape index (κ3) is 1.58. The summed E-state index contributed by atoms with van der Waals surface area (Å²) in [6, 6.07) is 4.81. The van der Waals surface area contributed by atoms with Crippen molar-refractivity contribution < 1.29 is 5.11 Å². The normalized spacial score (nSPS) is 9.80. The van der Waals surface area contributed by atoms with Gasteiger partial charge < -0.3 is 5.11 Å². The van der Waals surface area contributed by atoms with Crippen LogP contribution in [0.5, 0.6) is 5.75 Å². The zero-order chi connectivity index (χ0) is 7.56. The van der Waals surface area contributed by atoms with E-state index in [0.717, 1.165) is 5.56 Å². The molecule has 0 heterocycles. The number of rotatable bonds is 1. The van der Waals surface area contributed by atoms with Crippen LogP contribution in [-0.4, -0.2) is 5.11 Å². The van der Waals surface area contributed by atoms with Gasteiger partial charge in [0.15, 0.2) is 0 Å². The SMILES string of the molecule is Oc1ccc(Cl)c(CS)c1. The summed E-state index contributed by atoms with van der Waals surface area (Å²) in [5, 5.41) is 9.62. The van der Waals surface area contributed by atoms with Crippen molar-refractivity contribution in [2.75, 3.05) is 0 Å². The standard InChI is InChI=1S/C7H7ClOS/c8-7-2-1-6(9)3-5(7)4-10/h1-3,9-10H,4H2. The summed E-state index contributed by atoms with van der Waals surface area (Å²) >= 11 is 9.77. The van der Waals surface area contributed by atoms with Crippen LogP contribution in [0.4, 0.5) is 0 Å². The molecular weight excluding hydrogens is 168 g/mol. The van der Waals surface area contributed by atoms with Crippen LogP contribution in [0, 0.1) is 0 Å². The van der Waals surface area contributed by atoms with E-state index in [2.05, 4.69) is 12.6 Å². The molecular formula is C7H7ClOS. The highest BCUT2D eigenvalue weighted by molar-refractivity contribution is 7.79. The van der Waals surface area contributed by atoms with E-state index in [1.807, 2.05) is 0 Å². The summed E-state index contributed by atoms with van der Waals surface area (Å²) in [6.07, 6.45) is 0. The highest BCUT2D eigenvalue weighted by Gasteiger charge is 1.97. The van der Waals surface area contributed by atoms with Gasteiger partial charge in [-0.15, -0.1) is 0 Å². The molecule has 1 aromatic carbocycles. The second-order valence-corrected chi connectivity index (χ2v) is 2.66. The number of benzene rings is 1. The molecule has 1 aromatic rings. The van der Waals surface area contributed by atoms with Gasteiger partial charge >= 0.3 is 0 Å². The molecule has 0 aliphatic rings. The van der Waals surface area contributed by atoms with Gasteiger partial charge in [0.05, 0.1) is 0 Å². The topological polar surface area (TPSA) is 20.2 Å². The maximum atomic E-state index is 8.98. The molecule has 0 fully saturated rings. The lowest BCUT2D eigenvalue weighted by molar-refractivity contribution is 0.475. The lowest BCUT2D eigenvalue weighted by Crippen LogP contribution is -1.78. The van der Waals surface area contributed by atoms with Crippen LogP contribution in [0.2, 0.25) is 5.02 Å². The van der Waals surface area contributed by atoms with Gasteiger partial charge in [-0.1, -0.05) is 11.6 Å². The summed E-state index contributed by atoms with van der Waals surface area (Å²) in [5.74, 6) is 0.779. The van der Waals surface area contributed by atoms with Crippen LogP contribution in [-0.2, 0) is 5.75 Å². The summed E-state index contributed by atoms with van der Waals surface area (Å²) in [6.45, 7) is 0. The average molecular weight is 175 g/mol. The molecule has 0 bridgehead atoms. The lowest BCUT2D eigenvalue weighted by Gasteiger charge is -1.99. The van der Waals surface area contributed by atoms with Crippen LogP contribution in [0.1, 0.15) is 5.56 Å². The van der Waals surface area contributed by atoms with E-state index in [4.69, 9.17) is 16.7 Å². The zero-order valence-electron chi connectivity index (χ0n) is 5.21. The van der Waals surface area contributed by atoms with E-state index in [0.29, 0.717) is 10.8 Å². The second kappa shape index (κ2) is 3.17. The molecule has 1 nitrogen and oxygen atoms in total. The first-order valence-corrected chi connectivity index (χ1v) is 3.83. The highest BCUT2D eigenvalue weighted by atomic mass is 35.5. The molecule has 0 amide bonds. The van der Waals surface area contributed by atoms with Crippen LogP contribution in [0.25, 0.3) is 0 Å². The Morgan fingerprint density at radius 3 is 2.70 bits per heavy atom. The average Bonchev–Trinajstić information content (AvgIpc) is 1.94. The molecule has 1 N–H and O–H groups in total. The minimum absolute atomic E-state index is 0.230. The Hall–Kier alpha value is -0.340. The monoisotopic (exact) mass is 174 g/mol. The zero-order valence-corrected chi connectivity index (χ0v) is 6.86. The molecule has 1 rings (SSSR count). The van der Waals surface area contributed by atoms with Crippen LogP contribution >= 0.6 is 24.2 Å². The Bertz CT molecular complexity index is 237. The van der Waals surface area contributed by atoms with Crippen molar-refractivity contribution in [2.45, 2.75) is 5.75 Å². The molecule has 0 aliphatic heterocycles. The lowest BCUT2D eigenvalue weighted by atomic mass is 10.2. The second-order valence-electron chi connectivity index (χ2n) is 1.93. The summed E-state index contributed by atoms with van der Waals surface area (Å²) in [4.78, 5) is 0. The van der Waals surface area contributed by atoms with E-state index in [9.17, 15) is 0 Å². The van der Waals surface area contributed by atoms with Crippen molar-refractivity contribution >= 4 is 24.2 Å². The predicted octanol–water partition coefficient (Wildman–Crippen LogP) is 2.48. The first kappa shape index (κ1) is 7.76. The molecule has 0 saturated carbocycles. The molecule has 0 aromatic heterocycles. The molecule has 0 atom stereocenters. The van der Waals surface area contributed by atoms with Gasteiger partial charge in [-0.05, 0) is 23.8 Å². The molecule has 0 saturated heterocycles. The predicted molar refractivity (Wildman–Crippen MR) is 45.8 cm³/mol. The third-order valence-corrected chi connectivity index (χ3v) is 1.91. The number of aromatic hydroxyl groups is 1. The fourth-order valence-electron chi connectivity index (χ4n) is 0.682. The molecule has 10 heavy (non-hydrogen) atoms. The number of hydrogen-bond acceptors (Lipinski definition) is 2. The molecule has 54 valence electrons. The Balaban J connectivity index is 3.09. The van der Waals surface area contributed by atoms with E-state index in [1.165, 1.54) is 0 Å². The van der Waals surface area contributed by atoms with Crippen molar-refractivity contribution in [1.29, 1.82) is 0 Å². The minimum Gasteiger partial charge on any atom is -0.508 e. The summed E-state index contributed by atoms with van der Waals surface area (Å²) in [7, 11) is 0. The van der Waals surface area contributed by atoms with Gasteiger partial charge in [0.25, 0.3) is 0 Å². The van der Waals surface area contributed by atoms with Gasteiger partial charge in [-0.3, -0.25) is 0 Å². The molecule has 3 heteroatoms. The van der Waals surface area contributed by atoms with Crippen LogP contribution in [0.3, 0.4) is 0 Å². The molecule has 0 aliphatic carbocycles. The van der Waals surface area contributed by atoms with E-state index >= 15 is 0 Å². The molecule has 0 unspecified atom stereocenters. The number of thiol groups is 1. The van der Waals surface area contributed by atoms with E-state index in [-0.39, 0.29) is 5.75 Å². The van der Waals surface area contributed by atoms with Gasteiger partial charge in [0.1, 0.15) is 5.75 Å². The van der Waals surface area contributed by atoms with Crippen LogP contribution in [0.15, 0.2) is 18.2 Å². The van der Waals surface area contributed by atoms with Crippen molar-refractivity contribution in [2.24, 2.45) is 0 Å². The minimum atomic E-state index is 0.230. The Morgan fingerprint density at radius 1 is 1.50 bits per heavy atom. The fraction of sp³-hybridized carbons (Fsp3) is 0.143. The third-order valence-electron chi connectivity index (χ3n) is 1.20. The Labute approximate surface area is 70.0 Å². The highest BCUT2D eigenvalue weighted by Crippen LogP contribution is 2.21. The van der Waals surface area contributed by atoms with E-state index < -0.39 is 0 Å². The van der Waals surface area contributed by atoms with Gasteiger partial charge in [0, 0.05) is 10.8 Å². The Morgan fingerprint density at radius 2 is 2.20 bits per heavy atom. The van der Waals surface area contributed by atoms with Gasteiger partial charge in [-0.25, -0.2) is 0 Å². The Kier molecular flexibility index (Phi) is 2.46. The smallest absolute Gasteiger partial charge is 0.115 e. The molecule has 0 radical (unpaired) electrons. The van der Waals surface area contributed by atoms with Gasteiger partial charge in [-0.2, -0.15) is 12.6 Å². The number of phenols is 1. The first-order valence-electron chi connectivity index (χ1n) is 2.82. The fourth-order valence-corrected chi connectivity index (χ4v) is 1.22. The summed E-state index contributed by atoms with van der Waals surface area (Å²) in [5.41, 5.74) is 0.852. The maximum absolute atomic E-state index is 8.98. The largest absolute Gasteiger partial charge is 0.508 e. The van der Waals surface area contributed by atoms with Crippen LogP contribution < -0.4 is 0 Å². The van der Waals surface area contributed by atoms with E-state index in [1.54, 1.807) is 18.2 Å². The number of hydrogen-bond donors (Lipinski definition) is 2. The van der Waals surface area contributed by atoms with Crippen molar-refractivity contribution in [3.63, 3.8) is 0 Å². The number of phenolic OH excluding ortho intramolecular Hbond substituents is 1. The van der Waals surface area contributed by atoms with Crippen molar-refractivity contribution in [1.82, 2.24) is 0 Å². The number of halogens is 1. The van der Waals surface area contributed by atoms with Crippen molar-refractivity contribution in [3.05, 3.63) is 28.8 Å². The molecule has 0 spiro atoms. The quantitative estimate of drug-likeness (QED) is 0.627. The maximum Gasteiger partial charge on any atom is 0.115 e. The van der Waals surface area contributed by atoms with Gasteiger partial charge in [0.2, 0.25) is 0 Å². The summed E-state index contributed by atoms with van der Waals surface area (Å²) < 4.78 is 0. The first-order chi connectivity index (χ1) is 4.74.